The molecule has 0 saturated carbocycles. The Balaban J connectivity index is 1.44. The summed E-state index contributed by atoms with van der Waals surface area (Å²) >= 11 is 1.61. The van der Waals surface area contributed by atoms with E-state index in [1.54, 1.807) is 18.0 Å². The lowest BCUT2D eigenvalue weighted by Crippen LogP contribution is -2.31. The van der Waals surface area contributed by atoms with Crippen LogP contribution in [0.2, 0.25) is 0 Å². The molecule has 2 aromatic heterocycles. The van der Waals surface area contributed by atoms with E-state index in [0.717, 1.165) is 39.3 Å². The van der Waals surface area contributed by atoms with E-state index in [9.17, 15) is 0 Å². The van der Waals surface area contributed by atoms with Gasteiger partial charge in [-0.05, 0) is 42.8 Å². The molecule has 0 saturated heterocycles. The fourth-order valence-electron chi connectivity index (χ4n) is 3.39. The maximum Gasteiger partial charge on any atom is 0.196 e. The molecule has 0 amide bonds. The number of nitrogens with zero attached hydrogens (tertiary/aromatic N) is 4. The van der Waals surface area contributed by atoms with Crippen LogP contribution < -0.4 is 9.47 Å². The van der Waals surface area contributed by atoms with E-state index >= 15 is 0 Å². The molecule has 1 unspecified atom stereocenters. The lowest BCUT2D eigenvalue weighted by molar-refractivity contribution is 0.107. The maximum atomic E-state index is 6.10. The van der Waals surface area contributed by atoms with Crippen LogP contribution in [-0.2, 0) is 0 Å². The fourth-order valence-corrected chi connectivity index (χ4v) is 4.30. The van der Waals surface area contributed by atoms with Gasteiger partial charge in [0.25, 0.3) is 0 Å². The minimum atomic E-state index is -0.0613. The molecule has 0 bridgehead atoms. The average molecular weight is 417 g/mol. The maximum absolute atomic E-state index is 6.10. The summed E-state index contributed by atoms with van der Waals surface area (Å²) in [6.45, 7) is 2.60. The lowest BCUT2D eigenvalue weighted by atomic mass is 10.2. The van der Waals surface area contributed by atoms with Crippen LogP contribution in [0.25, 0.3) is 17.1 Å². The molecule has 6 nitrogen and oxygen atoms in total. The first-order chi connectivity index (χ1) is 14.8. The second-order valence-corrected chi connectivity index (χ2v) is 7.97. The van der Waals surface area contributed by atoms with Crippen LogP contribution in [0, 0.1) is 6.92 Å². The van der Waals surface area contributed by atoms with Crippen LogP contribution in [0.4, 0.5) is 0 Å². The van der Waals surface area contributed by atoms with E-state index < -0.39 is 0 Å². The monoisotopic (exact) mass is 416 g/mol. The van der Waals surface area contributed by atoms with Crippen LogP contribution in [-0.4, -0.2) is 38.2 Å². The van der Waals surface area contributed by atoms with Crippen molar-refractivity contribution >= 4 is 11.8 Å². The van der Waals surface area contributed by atoms with Crippen molar-refractivity contribution in [3.63, 3.8) is 0 Å². The number of ether oxygens (including phenoxy) is 2. The molecule has 1 aliphatic rings. The summed E-state index contributed by atoms with van der Waals surface area (Å²) in [7, 11) is 0. The van der Waals surface area contributed by atoms with Crippen LogP contribution in [0.1, 0.15) is 5.56 Å². The number of benzene rings is 2. The summed E-state index contributed by atoms with van der Waals surface area (Å²) in [4.78, 5) is 4.24. The number of para-hydroxylation sites is 3. The quantitative estimate of drug-likeness (QED) is 0.444. The first kappa shape index (κ1) is 18.7. The van der Waals surface area contributed by atoms with Crippen LogP contribution >= 0.6 is 11.8 Å². The summed E-state index contributed by atoms with van der Waals surface area (Å²) in [5.74, 6) is 3.04. The average Bonchev–Trinajstić information content (AvgIpc) is 3.22. The number of thioether (sulfide) groups is 1. The van der Waals surface area contributed by atoms with E-state index in [1.165, 1.54) is 0 Å². The molecular weight excluding hydrogens is 396 g/mol. The van der Waals surface area contributed by atoms with Crippen molar-refractivity contribution in [2.45, 2.75) is 18.2 Å². The molecule has 4 aromatic rings. The van der Waals surface area contributed by atoms with Gasteiger partial charge in [0.1, 0.15) is 12.7 Å². The lowest BCUT2D eigenvalue weighted by Gasteiger charge is -2.26. The minimum absolute atomic E-state index is 0.0613. The zero-order valence-electron chi connectivity index (χ0n) is 16.4. The molecule has 2 aromatic carbocycles. The van der Waals surface area contributed by atoms with Gasteiger partial charge < -0.3 is 9.47 Å². The summed E-state index contributed by atoms with van der Waals surface area (Å²) in [6, 6.07) is 19.9. The Bertz CT molecular complexity index is 1160. The van der Waals surface area contributed by atoms with E-state index in [4.69, 9.17) is 9.47 Å². The first-order valence-corrected chi connectivity index (χ1v) is 10.7. The van der Waals surface area contributed by atoms with Crippen molar-refractivity contribution in [2.24, 2.45) is 0 Å². The molecule has 150 valence electrons. The van der Waals surface area contributed by atoms with E-state index in [2.05, 4.69) is 38.8 Å². The van der Waals surface area contributed by atoms with Gasteiger partial charge in [-0.15, -0.1) is 10.2 Å². The highest BCUT2D eigenvalue weighted by Crippen LogP contribution is 2.34. The van der Waals surface area contributed by atoms with Crippen LogP contribution in [0.15, 0.2) is 78.2 Å². The first-order valence-electron chi connectivity index (χ1n) is 9.73. The van der Waals surface area contributed by atoms with E-state index in [-0.39, 0.29) is 6.10 Å². The van der Waals surface area contributed by atoms with Crippen molar-refractivity contribution in [1.82, 2.24) is 19.7 Å². The molecule has 0 fully saturated rings. The molecule has 3 heterocycles. The minimum Gasteiger partial charge on any atom is -0.486 e. The summed E-state index contributed by atoms with van der Waals surface area (Å²) in [6.07, 6.45) is 3.50. The molecule has 0 radical (unpaired) electrons. The third kappa shape index (κ3) is 3.64. The Morgan fingerprint density at radius 2 is 1.83 bits per heavy atom. The summed E-state index contributed by atoms with van der Waals surface area (Å²) in [5, 5.41) is 9.78. The standard InChI is InChI=1S/C23H20N4O2S/c1-16-7-2-3-9-19(16)27-22(17-8-6-12-24-13-17)25-26-23(27)30-15-18-14-28-20-10-4-5-11-21(20)29-18/h2-13,18H,14-15H2,1H3. The number of fused-ring (bicyclic) bond motifs is 1. The molecule has 5 rings (SSSR count). The summed E-state index contributed by atoms with van der Waals surface area (Å²) < 4.78 is 14.0. The van der Waals surface area contributed by atoms with Gasteiger partial charge in [-0.1, -0.05) is 42.1 Å². The number of pyridine rings is 1. The second kappa shape index (κ2) is 8.20. The second-order valence-electron chi connectivity index (χ2n) is 6.98. The van der Waals surface area contributed by atoms with Crippen molar-refractivity contribution in [3.8, 4) is 28.6 Å². The number of aryl methyl sites for hydroxylation is 1. The number of hydrogen-bond acceptors (Lipinski definition) is 6. The zero-order valence-corrected chi connectivity index (χ0v) is 17.2. The van der Waals surface area contributed by atoms with Gasteiger partial charge in [0.15, 0.2) is 22.5 Å². The third-order valence-corrected chi connectivity index (χ3v) is 5.94. The Labute approximate surface area is 178 Å². The number of hydrogen-bond donors (Lipinski definition) is 0. The Morgan fingerprint density at radius 1 is 1.00 bits per heavy atom. The van der Waals surface area contributed by atoms with E-state index in [1.807, 2.05) is 54.7 Å². The molecular formula is C23H20N4O2S. The molecule has 0 spiro atoms. The fraction of sp³-hybridized carbons (Fsp3) is 0.174. The Kier molecular flexibility index (Phi) is 5.11. The largest absolute Gasteiger partial charge is 0.486 e. The van der Waals surface area contributed by atoms with Crippen LogP contribution in [0.5, 0.6) is 11.5 Å². The Hall–Kier alpha value is -3.32. The predicted octanol–water partition coefficient (Wildman–Crippen LogP) is 4.57. The predicted molar refractivity (Wildman–Crippen MR) is 116 cm³/mol. The molecule has 7 heteroatoms. The molecule has 30 heavy (non-hydrogen) atoms. The molecule has 1 aliphatic heterocycles. The topological polar surface area (TPSA) is 62.1 Å². The third-order valence-electron chi connectivity index (χ3n) is 4.88. The highest BCUT2D eigenvalue weighted by molar-refractivity contribution is 7.99. The van der Waals surface area contributed by atoms with Gasteiger partial charge in [0, 0.05) is 23.7 Å². The zero-order chi connectivity index (χ0) is 20.3. The highest BCUT2D eigenvalue weighted by atomic mass is 32.2. The van der Waals surface area contributed by atoms with Gasteiger partial charge in [-0.2, -0.15) is 0 Å². The van der Waals surface area contributed by atoms with Crippen molar-refractivity contribution in [3.05, 3.63) is 78.6 Å². The Morgan fingerprint density at radius 3 is 2.67 bits per heavy atom. The molecule has 0 N–H and O–H groups in total. The smallest absolute Gasteiger partial charge is 0.196 e. The van der Waals surface area contributed by atoms with Gasteiger partial charge in [-0.3, -0.25) is 9.55 Å². The van der Waals surface area contributed by atoms with Crippen molar-refractivity contribution in [2.75, 3.05) is 12.4 Å². The van der Waals surface area contributed by atoms with Crippen molar-refractivity contribution < 1.29 is 9.47 Å². The van der Waals surface area contributed by atoms with Gasteiger partial charge in [0.2, 0.25) is 0 Å². The number of aromatic nitrogens is 4. The van der Waals surface area contributed by atoms with E-state index in [0.29, 0.717) is 12.4 Å². The molecule has 1 atom stereocenters. The van der Waals surface area contributed by atoms with Gasteiger partial charge in [0.05, 0.1) is 5.69 Å². The highest BCUT2D eigenvalue weighted by Gasteiger charge is 2.23. The molecule has 0 aliphatic carbocycles. The normalized spacial score (nSPS) is 15.2. The SMILES string of the molecule is Cc1ccccc1-n1c(SCC2COc3ccccc3O2)nnc1-c1cccnc1. The number of rotatable bonds is 5. The van der Waals surface area contributed by atoms with Gasteiger partial charge >= 0.3 is 0 Å². The summed E-state index contributed by atoms with van der Waals surface area (Å²) in [5.41, 5.74) is 3.12. The van der Waals surface area contributed by atoms with Crippen molar-refractivity contribution in [1.29, 1.82) is 0 Å². The van der Waals surface area contributed by atoms with Gasteiger partial charge in [-0.25, -0.2) is 0 Å². The van der Waals surface area contributed by atoms with Crippen LogP contribution in [0.3, 0.4) is 0 Å².